The minimum atomic E-state index is -1.10. The second-order valence-electron chi connectivity index (χ2n) is 4.61. The van der Waals surface area contributed by atoms with Crippen LogP contribution in [0.15, 0.2) is 18.5 Å². The summed E-state index contributed by atoms with van der Waals surface area (Å²) in [6.07, 6.45) is 2.26. The molecule has 7 nitrogen and oxygen atoms in total. The lowest BCUT2D eigenvalue weighted by molar-refractivity contribution is -0.0386. The van der Waals surface area contributed by atoms with Crippen molar-refractivity contribution in [3.63, 3.8) is 0 Å². The molecular formula is C12H13N5O2. The molecule has 0 amide bonds. The summed E-state index contributed by atoms with van der Waals surface area (Å²) in [6, 6.07) is 5.72. The summed E-state index contributed by atoms with van der Waals surface area (Å²) in [4.78, 5) is 3.92. The highest BCUT2D eigenvalue weighted by atomic mass is 16.5. The van der Waals surface area contributed by atoms with Crippen LogP contribution >= 0.6 is 0 Å². The standard InChI is InChI=1S/C12H13N5O2/c13-5-12(6-18)4-3-10(19-12)8-1-2-9-11(14)15-7-16-17(8)9/h1-2,7,10,18H,3-4,6H2,(H2,14,15,16)/t10?,12-/m1/s1. The van der Waals surface area contributed by atoms with Crippen LogP contribution in [-0.4, -0.2) is 31.9 Å². The Morgan fingerprint density at radius 1 is 1.63 bits per heavy atom. The average molecular weight is 259 g/mol. The number of aliphatic hydroxyl groups excluding tert-OH is 1. The second kappa shape index (κ2) is 4.19. The van der Waals surface area contributed by atoms with Crippen LogP contribution in [0.2, 0.25) is 0 Å². The Kier molecular flexibility index (Phi) is 2.62. The SMILES string of the molecule is N#C[C@@]1(CO)CCC(c2ccc3c(N)ncnn23)O1. The zero-order valence-corrected chi connectivity index (χ0v) is 10.2. The van der Waals surface area contributed by atoms with Gasteiger partial charge in [0, 0.05) is 0 Å². The summed E-state index contributed by atoms with van der Waals surface area (Å²) in [6.45, 7) is -0.305. The third kappa shape index (κ3) is 1.73. The van der Waals surface area contributed by atoms with Gasteiger partial charge in [0.15, 0.2) is 11.4 Å². The van der Waals surface area contributed by atoms with Gasteiger partial charge in [-0.05, 0) is 25.0 Å². The van der Waals surface area contributed by atoms with Gasteiger partial charge in [0.1, 0.15) is 24.0 Å². The van der Waals surface area contributed by atoms with E-state index in [0.717, 1.165) is 5.69 Å². The number of nitrogens with zero attached hydrogens (tertiary/aromatic N) is 4. The van der Waals surface area contributed by atoms with Gasteiger partial charge in [-0.1, -0.05) is 0 Å². The summed E-state index contributed by atoms with van der Waals surface area (Å²) in [5.41, 5.74) is 6.19. The molecule has 2 atom stereocenters. The van der Waals surface area contributed by atoms with E-state index in [1.807, 2.05) is 18.2 Å². The molecule has 1 fully saturated rings. The highest BCUT2D eigenvalue weighted by Gasteiger charge is 2.41. The van der Waals surface area contributed by atoms with Gasteiger partial charge in [-0.2, -0.15) is 10.4 Å². The fourth-order valence-corrected chi connectivity index (χ4v) is 2.41. The molecule has 98 valence electrons. The molecule has 19 heavy (non-hydrogen) atoms. The largest absolute Gasteiger partial charge is 0.392 e. The molecule has 0 spiro atoms. The molecule has 2 aromatic rings. The Balaban J connectivity index is 1.99. The molecule has 1 saturated heterocycles. The van der Waals surface area contributed by atoms with Gasteiger partial charge in [0.05, 0.1) is 12.3 Å². The lowest BCUT2D eigenvalue weighted by Crippen LogP contribution is -2.30. The number of ether oxygens (including phenoxy) is 1. The summed E-state index contributed by atoms with van der Waals surface area (Å²) >= 11 is 0. The highest BCUT2D eigenvalue weighted by Crippen LogP contribution is 2.39. The van der Waals surface area contributed by atoms with Crippen molar-refractivity contribution in [2.75, 3.05) is 12.3 Å². The van der Waals surface area contributed by atoms with E-state index >= 15 is 0 Å². The van der Waals surface area contributed by atoms with Gasteiger partial charge in [-0.25, -0.2) is 9.50 Å². The first-order chi connectivity index (χ1) is 9.19. The predicted octanol–water partition coefficient (Wildman–Crippen LogP) is 0.418. The van der Waals surface area contributed by atoms with Crippen LogP contribution in [0.5, 0.6) is 0 Å². The Labute approximate surface area is 109 Å². The third-order valence-electron chi connectivity index (χ3n) is 3.48. The van der Waals surface area contributed by atoms with Gasteiger partial charge >= 0.3 is 0 Å². The summed E-state index contributed by atoms with van der Waals surface area (Å²) in [5, 5.41) is 22.5. The van der Waals surface area contributed by atoms with Crippen LogP contribution in [0.1, 0.15) is 24.6 Å². The molecule has 3 heterocycles. The topological polar surface area (TPSA) is 109 Å². The number of fused-ring (bicyclic) bond motifs is 1. The van der Waals surface area contributed by atoms with Crippen molar-refractivity contribution in [2.45, 2.75) is 24.5 Å². The summed E-state index contributed by atoms with van der Waals surface area (Å²) in [7, 11) is 0. The van der Waals surface area contributed by atoms with Gasteiger partial charge < -0.3 is 15.6 Å². The molecule has 1 unspecified atom stereocenters. The molecule has 1 aliphatic heterocycles. The van der Waals surface area contributed by atoms with Crippen molar-refractivity contribution in [3.8, 4) is 6.07 Å². The molecule has 0 bridgehead atoms. The molecular weight excluding hydrogens is 246 g/mol. The Morgan fingerprint density at radius 2 is 2.47 bits per heavy atom. The van der Waals surface area contributed by atoms with E-state index < -0.39 is 5.60 Å². The predicted molar refractivity (Wildman–Crippen MR) is 65.9 cm³/mol. The smallest absolute Gasteiger partial charge is 0.177 e. The van der Waals surface area contributed by atoms with Crippen LogP contribution in [0.25, 0.3) is 5.52 Å². The number of hydrogen-bond donors (Lipinski definition) is 2. The van der Waals surface area contributed by atoms with Crippen molar-refractivity contribution >= 4 is 11.3 Å². The van der Waals surface area contributed by atoms with Gasteiger partial charge in [0.2, 0.25) is 0 Å². The summed E-state index contributed by atoms with van der Waals surface area (Å²) in [5.74, 6) is 0.396. The number of nitrogen functional groups attached to an aromatic ring is 1. The fraction of sp³-hybridized carbons (Fsp3) is 0.417. The number of aromatic nitrogens is 3. The molecule has 0 radical (unpaired) electrons. The Morgan fingerprint density at radius 3 is 3.16 bits per heavy atom. The molecule has 2 aromatic heterocycles. The molecule has 7 heteroatoms. The monoisotopic (exact) mass is 259 g/mol. The van der Waals surface area contributed by atoms with Gasteiger partial charge in [0.25, 0.3) is 0 Å². The molecule has 0 saturated carbocycles. The quantitative estimate of drug-likeness (QED) is 0.808. The molecule has 1 aliphatic rings. The van der Waals surface area contributed by atoms with E-state index in [4.69, 9.17) is 15.7 Å². The second-order valence-corrected chi connectivity index (χ2v) is 4.61. The summed E-state index contributed by atoms with van der Waals surface area (Å²) < 4.78 is 7.37. The van der Waals surface area contributed by atoms with E-state index in [0.29, 0.717) is 24.2 Å². The normalized spacial score (nSPS) is 26.6. The Bertz CT molecular complexity index is 662. The highest BCUT2D eigenvalue weighted by molar-refractivity contribution is 5.65. The van der Waals surface area contributed by atoms with Crippen LogP contribution in [0.3, 0.4) is 0 Å². The van der Waals surface area contributed by atoms with Crippen molar-refractivity contribution in [2.24, 2.45) is 0 Å². The molecule has 0 aromatic carbocycles. The molecule has 0 aliphatic carbocycles. The van der Waals surface area contributed by atoms with Crippen LogP contribution in [-0.2, 0) is 4.74 Å². The van der Waals surface area contributed by atoms with E-state index in [9.17, 15) is 5.11 Å². The van der Waals surface area contributed by atoms with Crippen LogP contribution in [0.4, 0.5) is 5.82 Å². The zero-order chi connectivity index (χ0) is 13.5. The first-order valence-corrected chi connectivity index (χ1v) is 5.97. The van der Waals surface area contributed by atoms with E-state index in [1.165, 1.54) is 6.33 Å². The zero-order valence-electron chi connectivity index (χ0n) is 10.2. The lowest BCUT2D eigenvalue weighted by Gasteiger charge is -2.18. The number of rotatable bonds is 2. The van der Waals surface area contributed by atoms with Gasteiger partial charge in [-0.15, -0.1) is 0 Å². The lowest BCUT2D eigenvalue weighted by atomic mass is 10.0. The van der Waals surface area contributed by atoms with Gasteiger partial charge in [-0.3, -0.25) is 0 Å². The van der Waals surface area contributed by atoms with Crippen LogP contribution in [0, 0.1) is 11.3 Å². The van der Waals surface area contributed by atoms with Crippen molar-refractivity contribution in [3.05, 3.63) is 24.2 Å². The maximum absolute atomic E-state index is 9.29. The maximum atomic E-state index is 9.29. The van der Waals surface area contributed by atoms with E-state index in [1.54, 1.807) is 4.52 Å². The number of nitriles is 1. The first-order valence-electron chi connectivity index (χ1n) is 5.97. The number of anilines is 1. The van der Waals surface area contributed by atoms with Crippen molar-refractivity contribution in [1.29, 1.82) is 5.26 Å². The maximum Gasteiger partial charge on any atom is 0.177 e. The van der Waals surface area contributed by atoms with Crippen molar-refractivity contribution < 1.29 is 9.84 Å². The number of hydrogen-bond acceptors (Lipinski definition) is 6. The fourth-order valence-electron chi connectivity index (χ4n) is 2.41. The van der Waals surface area contributed by atoms with E-state index in [2.05, 4.69) is 10.1 Å². The van der Waals surface area contributed by atoms with E-state index in [-0.39, 0.29) is 12.7 Å². The number of nitrogens with two attached hydrogens (primary N) is 1. The molecule has 3 rings (SSSR count). The molecule has 3 N–H and O–H groups in total. The minimum Gasteiger partial charge on any atom is -0.392 e. The number of aliphatic hydroxyl groups is 1. The van der Waals surface area contributed by atoms with Crippen LogP contribution < -0.4 is 5.73 Å². The first kappa shape index (κ1) is 11.9. The third-order valence-corrected chi connectivity index (χ3v) is 3.48. The average Bonchev–Trinajstić information content (AvgIpc) is 3.03. The van der Waals surface area contributed by atoms with Crippen molar-refractivity contribution in [1.82, 2.24) is 14.6 Å². The Hall–Kier alpha value is -2.17. The minimum absolute atomic E-state index is 0.274.